The van der Waals surface area contributed by atoms with Crippen LogP contribution in [0.5, 0.6) is 0 Å². The van der Waals surface area contributed by atoms with Gasteiger partial charge in [-0.25, -0.2) is 0 Å². The standard InChI is InChI=1S/C17H19BrClNS/c1-3-20-12(2)15-10-14(18)8-9-17(15)21-11-13-6-4-5-7-16(13)19/h4-10,12,20H,3,11H2,1-2H3. The molecule has 0 aliphatic heterocycles. The van der Waals surface area contributed by atoms with Gasteiger partial charge in [-0.2, -0.15) is 0 Å². The zero-order chi connectivity index (χ0) is 15.2. The molecular formula is C17H19BrClNS. The van der Waals surface area contributed by atoms with Gasteiger partial charge in [-0.05, 0) is 48.9 Å². The van der Waals surface area contributed by atoms with Crippen molar-refractivity contribution in [1.29, 1.82) is 0 Å². The lowest BCUT2D eigenvalue weighted by atomic mass is 10.1. The molecule has 1 nitrogen and oxygen atoms in total. The normalized spacial score (nSPS) is 12.4. The molecule has 0 fully saturated rings. The Morgan fingerprint density at radius 3 is 2.71 bits per heavy atom. The van der Waals surface area contributed by atoms with E-state index in [1.54, 1.807) is 0 Å². The predicted molar refractivity (Wildman–Crippen MR) is 97.2 cm³/mol. The van der Waals surface area contributed by atoms with Gasteiger partial charge in [-0.15, -0.1) is 11.8 Å². The lowest BCUT2D eigenvalue weighted by molar-refractivity contribution is 0.589. The van der Waals surface area contributed by atoms with Crippen molar-refractivity contribution in [2.45, 2.75) is 30.5 Å². The van der Waals surface area contributed by atoms with Crippen molar-refractivity contribution in [3.05, 3.63) is 63.1 Å². The van der Waals surface area contributed by atoms with Crippen LogP contribution in [0.25, 0.3) is 0 Å². The number of benzene rings is 2. The van der Waals surface area contributed by atoms with E-state index in [9.17, 15) is 0 Å². The molecule has 2 aromatic carbocycles. The van der Waals surface area contributed by atoms with Gasteiger partial charge in [-0.3, -0.25) is 0 Å². The smallest absolute Gasteiger partial charge is 0.0446 e. The van der Waals surface area contributed by atoms with E-state index >= 15 is 0 Å². The molecule has 0 amide bonds. The third-order valence-corrected chi connectivity index (χ3v) is 5.29. The van der Waals surface area contributed by atoms with Gasteiger partial charge < -0.3 is 5.32 Å². The summed E-state index contributed by atoms with van der Waals surface area (Å²) in [6.07, 6.45) is 0. The van der Waals surface area contributed by atoms with E-state index in [4.69, 9.17) is 11.6 Å². The molecule has 0 radical (unpaired) electrons. The van der Waals surface area contributed by atoms with Crippen molar-refractivity contribution in [2.75, 3.05) is 6.54 Å². The van der Waals surface area contributed by atoms with E-state index in [1.165, 1.54) is 16.0 Å². The van der Waals surface area contributed by atoms with Gasteiger partial charge in [0.05, 0.1) is 0 Å². The van der Waals surface area contributed by atoms with Crippen LogP contribution in [0, 0.1) is 0 Å². The Kier molecular flexibility index (Phi) is 6.62. The van der Waals surface area contributed by atoms with Crippen molar-refractivity contribution >= 4 is 39.3 Å². The van der Waals surface area contributed by atoms with Crippen LogP contribution in [0.1, 0.15) is 31.0 Å². The molecule has 0 saturated heterocycles. The summed E-state index contributed by atoms with van der Waals surface area (Å²) >= 11 is 11.6. The number of hydrogen-bond acceptors (Lipinski definition) is 2. The first-order valence-corrected chi connectivity index (χ1v) is 9.16. The lowest BCUT2D eigenvalue weighted by Gasteiger charge is -2.17. The number of hydrogen-bond donors (Lipinski definition) is 1. The first kappa shape index (κ1) is 16.9. The minimum atomic E-state index is 0.334. The Labute approximate surface area is 144 Å². The predicted octanol–water partition coefficient (Wildman–Crippen LogP) is 6.07. The van der Waals surface area contributed by atoms with E-state index < -0.39 is 0 Å². The maximum absolute atomic E-state index is 6.23. The highest BCUT2D eigenvalue weighted by Crippen LogP contribution is 2.33. The molecule has 1 atom stereocenters. The Bertz CT molecular complexity index is 603. The summed E-state index contributed by atoms with van der Waals surface area (Å²) in [7, 11) is 0. The van der Waals surface area contributed by atoms with Crippen LogP contribution in [-0.4, -0.2) is 6.54 Å². The molecule has 4 heteroatoms. The molecule has 0 aliphatic rings. The molecule has 0 aliphatic carbocycles. The third kappa shape index (κ3) is 4.75. The first-order chi connectivity index (χ1) is 10.1. The molecule has 2 aromatic rings. The van der Waals surface area contributed by atoms with Gasteiger partial charge in [0.15, 0.2) is 0 Å². The number of rotatable bonds is 6. The Morgan fingerprint density at radius 1 is 1.24 bits per heavy atom. The molecule has 112 valence electrons. The minimum absolute atomic E-state index is 0.334. The highest BCUT2D eigenvalue weighted by Gasteiger charge is 2.11. The molecule has 1 unspecified atom stereocenters. The van der Waals surface area contributed by atoms with E-state index in [-0.39, 0.29) is 0 Å². The minimum Gasteiger partial charge on any atom is -0.310 e. The average Bonchev–Trinajstić information content (AvgIpc) is 2.47. The maximum atomic E-state index is 6.23. The van der Waals surface area contributed by atoms with E-state index in [2.05, 4.69) is 59.4 Å². The van der Waals surface area contributed by atoms with Crippen molar-refractivity contribution in [3.8, 4) is 0 Å². The second kappa shape index (κ2) is 8.23. The molecule has 21 heavy (non-hydrogen) atoms. The fourth-order valence-electron chi connectivity index (χ4n) is 2.18. The number of halogens is 2. The monoisotopic (exact) mass is 383 g/mol. The average molecular weight is 385 g/mol. The van der Waals surface area contributed by atoms with Crippen LogP contribution in [-0.2, 0) is 5.75 Å². The van der Waals surface area contributed by atoms with Gasteiger partial charge >= 0.3 is 0 Å². The fourth-order valence-corrected chi connectivity index (χ4v) is 3.97. The summed E-state index contributed by atoms with van der Waals surface area (Å²) in [5, 5.41) is 4.32. The highest BCUT2D eigenvalue weighted by molar-refractivity contribution is 9.10. The second-order valence-electron chi connectivity index (χ2n) is 4.84. The molecule has 0 heterocycles. The molecule has 0 aromatic heterocycles. The van der Waals surface area contributed by atoms with Crippen molar-refractivity contribution in [3.63, 3.8) is 0 Å². The summed E-state index contributed by atoms with van der Waals surface area (Å²) in [6.45, 7) is 5.29. The molecule has 2 rings (SSSR count). The van der Waals surface area contributed by atoms with Gasteiger partial charge in [0.25, 0.3) is 0 Å². The van der Waals surface area contributed by atoms with E-state index in [0.717, 1.165) is 21.8 Å². The quantitative estimate of drug-likeness (QED) is 0.607. The molecule has 1 N–H and O–H groups in total. The summed E-state index contributed by atoms with van der Waals surface area (Å²) in [5.74, 6) is 0.882. The van der Waals surface area contributed by atoms with Gasteiger partial charge in [-0.1, -0.05) is 52.7 Å². The van der Waals surface area contributed by atoms with Crippen LogP contribution < -0.4 is 5.32 Å². The van der Waals surface area contributed by atoms with E-state index in [0.29, 0.717) is 6.04 Å². The number of thioether (sulfide) groups is 1. The van der Waals surface area contributed by atoms with Crippen LogP contribution in [0.2, 0.25) is 5.02 Å². The SMILES string of the molecule is CCNC(C)c1cc(Br)ccc1SCc1ccccc1Cl. The van der Waals surface area contributed by atoms with Crippen LogP contribution in [0.3, 0.4) is 0 Å². The topological polar surface area (TPSA) is 12.0 Å². The Morgan fingerprint density at radius 2 is 2.00 bits per heavy atom. The van der Waals surface area contributed by atoms with Gasteiger partial charge in [0.2, 0.25) is 0 Å². The zero-order valence-electron chi connectivity index (χ0n) is 12.2. The lowest BCUT2D eigenvalue weighted by Crippen LogP contribution is -2.18. The molecule has 0 saturated carbocycles. The van der Waals surface area contributed by atoms with Gasteiger partial charge in [0.1, 0.15) is 0 Å². The van der Waals surface area contributed by atoms with E-state index in [1.807, 2.05) is 30.0 Å². The molecular weight excluding hydrogens is 366 g/mol. The number of nitrogens with one attached hydrogen (secondary N) is 1. The third-order valence-electron chi connectivity index (χ3n) is 3.29. The van der Waals surface area contributed by atoms with Crippen molar-refractivity contribution in [1.82, 2.24) is 5.32 Å². The zero-order valence-corrected chi connectivity index (χ0v) is 15.4. The fraction of sp³-hybridized carbons (Fsp3) is 0.294. The Hall–Kier alpha value is -0.480. The van der Waals surface area contributed by atoms with Crippen LogP contribution in [0.15, 0.2) is 51.8 Å². The van der Waals surface area contributed by atoms with Crippen molar-refractivity contribution in [2.24, 2.45) is 0 Å². The molecule has 0 bridgehead atoms. The molecule has 0 spiro atoms. The van der Waals surface area contributed by atoms with Crippen LogP contribution >= 0.6 is 39.3 Å². The van der Waals surface area contributed by atoms with Crippen LogP contribution in [0.4, 0.5) is 0 Å². The largest absolute Gasteiger partial charge is 0.310 e. The maximum Gasteiger partial charge on any atom is 0.0446 e. The summed E-state index contributed by atoms with van der Waals surface area (Å²) in [5.41, 5.74) is 2.50. The first-order valence-electron chi connectivity index (χ1n) is 7.01. The summed E-state index contributed by atoms with van der Waals surface area (Å²) < 4.78 is 1.12. The van der Waals surface area contributed by atoms with Crippen molar-refractivity contribution < 1.29 is 0 Å². The highest BCUT2D eigenvalue weighted by atomic mass is 79.9. The Balaban J connectivity index is 2.18. The summed E-state index contributed by atoms with van der Waals surface area (Å²) in [4.78, 5) is 1.30. The summed E-state index contributed by atoms with van der Waals surface area (Å²) in [6, 6.07) is 14.8. The van der Waals surface area contributed by atoms with Gasteiger partial charge in [0, 0.05) is 26.2 Å². The second-order valence-corrected chi connectivity index (χ2v) is 7.18.